The zero-order chi connectivity index (χ0) is 27.2. The van der Waals surface area contributed by atoms with Crippen molar-refractivity contribution >= 4 is 17.0 Å². The minimum atomic E-state index is -2.11. The Morgan fingerprint density at radius 1 is 0.650 bits per heavy atom. The molecule has 210 valence electrons. The van der Waals surface area contributed by atoms with Crippen LogP contribution in [0.1, 0.15) is 81.9 Å². The molecule has 5 rings (SSSR count). The monoisotopic (exact) mass is 624 g/mol. The predicted molar refractivity (Wildman–Crippen MR) is 162 cm³/mol. The molecule has 0 saturated carbocycles. The molecule has 0 heterocycles. The SMILES string of the molecule is CC[Si](CC)=[Ti+2]([O]c1ccc2ccccc2c1)[CH]1c2cc(C(C)(C)C)ccc2-c2ccc(C(C)(C)C)cc21.[Cl-].[Cl-]. The molecule has 1 nitrogen and oxygen atoms in total. The molecular weight excluding hydrogens is 583 g/mol. The summed E-state index contributed by atoms with van der Waals surface area (Å²) < 4.78 is 7.73. The maximum atomic E-state index is 7.33. The summed E-state index contributed by atoms with van der Waals surface area (Å²) in [6.45, 7) is 18.8. The molecule has 0 N–H and O–H groups in total. The molecule has 4 aromatic rings. The third kappa shape index (κ3) is 6.42. The van der Waals surface area contributed by atoms with Gasteiger partial charge >= 0.3 is 238 Å². The van der Waals surface area contributed by atoms with Crippen molar-refractivity contribution in [3.05, 3.63) is 101 Å². The number of halogens is 2. The first-order valence-electron chi connectivity index (χ1n) is 14.2. The maximum Gasteiger partial charge on any atom is -1.00 e. The number of rotatable bonds is 5. The van der Waals surface area contributed by atoms with E-state index in [0.29, 0.717) is 4.22 Å². The quantitative estimate of drug-likeness (QED) is 0.303. The number of hydrogen-bond donors (Lipinski definition) is 0. The molecule has 0 aliphatic heterocycles. The molecule has 0 fully saturated rings. The van der Waals surface area contributed by atoms with E-state index in [-0.39, 0.29) is 35.6 Å². The van der Waals surface area contributed by atoms with E-state index in [2.05, 4.69) is 134 Å². The van der Waals surface area contributed by atoms with Gasteiger partial charge in [0, 0.05) is 0 Å². The molecule has 1 aliphatic rings. The molecule has 0 atom stereocenters. The van der Waals surface area contributed by atoms with E-state index in [4.69, 9.17) is 3.32 Å². The average Bonchev–Trinajstić information content (AvgIpc) is 3.20. The summed E-state index contributed by atoms with van der Waals surface area (Å²) in [6.07, 6.45) is -0.629. The van der Waals surface area contributed by atoms with E-state index in [1.807, 2.05) is 0 Å². The zero-order valence-corrected chi connectivity index (χ0v) is 29.2. The van der Waals surface area contributed by atoms with Gasteiger partial charge in [0.2, 0.25) is 0 Å². The van der Waals surface area contributed by atoms with Crippen LogP contribution < -0.4 is 28.1 Å². The van der Waals surface area contributed by atoms with Crippen LogP contribution in [0.5, 0.6) is 5.75 Å². The van der Waals surface area contributed by atoms with Crippen molar-refractivity contribution in [2.24, 2.45) is 0 Å². The van der Waals surface area contributed by atoms with Crippen molar-refractivity contribution in [2.45, 2.75) is 82.5 Å². The van der Waals surface area contributed by atoms with Crippen LogP contribution in [0, 0.1) is 0 Å². The summed E-state index contributed by atoms with van der Waals surface area (Å²) in [5.41, 5.74) is 9.00. The smallest absolute Gasteiger partial charge is 1.00 e. The topological polar surface area (TPSA) is 9.23 Å². The number of fused-ring (bicyclic) bond motifs is 4. The molecule has 4 aromatic carbocycles. The van der Waals surface area contributed by atoms with E-state index in [0.717, 1.165) is 5.75 Å². The second-order valence-electron chi connectivity index (χ2n) is 12.8. The van der Waals surface area contributed by atoms with Crippen LogP contribution in [0.3, 0.4) is 0 Å². The molecule has 5 heteroatoms. The Labute approximate surface area is 261 Å². The summed E-state index contributed by atoms with van der Waals surface area (Å²) in [5, 5.41) is 2.54. The first kappa shape index (κ1) is 33.0. The van der Waals surface area contributed by atoms with Gasteiger partial charge < -0.3 is 24.8 Å². The van der Waals surface area contributed by atoms with Gasteiger partial charge in [-0.1, -0.05) is 0 Å². The van der Waals surface area contributed by atoms with Crippen LogP contribution in [0.15, 0.2) is 78.9 Å². The summed E-state index contributed by atoms with van der Waals surface area (Å²) in [4.78, 5) is 0. The standard InChI is InChI=1S/C21H25.C10H8O.C4H10Si.2ClH.Ti/c1-20(2,3)16-7-9-18-14(12-16)11-15-13-17(21(4,5)6)8-10-19(15)18;11-10-6-5-8-3-1-2-4-9(8)7-10;1-3-5-4-2;;;/h7-13H,1-6H3;1-7,11H;3-4H2,1-2H3;2*1H;/q;;;;;+3/p-3. The molecule has 0 bridgehead atoms. The Bertz CT molecular complexity index is 1480. The van der Waals surface area contributed by atoms with Crippen molar-refractivity contribution in [2.75, 3.05) is 0 Å². The Kier molecular flexibility index (Phi) is 10.5. The largest absolute Gasteiger partial charge is 1.00 e. The normalized spacial score (nSPS) is 12.5. The number of benzene rings is 4. The summed E-state index contributed by atoms with van der Waals surface area (Å²) in [6, 6.07) is 32.5. The van der Waals surface area contributed by atoms with Crippen molar-refractivity contribution in [1.82, 2.24) is 0 Å². The van der Waals surface area contributed by atoms with Crippen LogP contribution in [-0.2, 0) is 27.8 Å². The Hall–Kier alpha value is -1.55. The second kappa shape index (κ2) is 12.8. The van der Waals surface area contributed by atoms with Crippen LogP contribution in [0.4, 0.5) is 0 Å². The van der Waals surface area contributed by atoms with Gasteiger partial charge in [-0.3, -0.25) is 0 Å². The van der Waals surface area contributed by atoms with Gasteiger partial charge in [0.1, 0.15) is 0 Å². The molecular formula is C35H42Cl2OSiTi. The summed E-state index contributed by atoms with van der Waals surface area (Å²) in [5.74, 6) is 1.07. The number of hydrogen-bond acceptors (Lipinski definition) is 1. The molecule has 0 aromatic heterocycles. The molecule has 40 heavy (non-hydrogen) atoms. The predicted octanol–water partition coefficient (Wildman–Crippen LogP) is 4.16. The zero-order valence-electron chi connectivity index (χ0n) is 25.2. The average molecular weight is 626 g/mol. The molecule has 0 unspecified atom stereocenters. The second-order valence-corrected chi connectivity index (χ2v) is 23.1. The van der Waals surface area contributed by atoms with Crippen molar-refractivity contribution in [3.8, 4) is 16.9 Å². The van der Waals surface area contributed by atoms with Gasteiger partial charge in [-0.25, -0.2) is 0 Å². The van der Waals surface area contributed by atoms with Crippen molar-refractivity contribution in [1.29, 1.82) is 0 Å². The van der Waals surface area contributed by atoms with E-state index in [1.165, 1.54) is 56.2 Å². The van der Waals surface area contributed by atoms with Crippen LogP contribution in [0.25, 0.3) is 21.9 Å². The molecule has 0 spiro atoms. The Morgan fingerprint density at radius 2 is 1.15 bits per heavy atom. The maximum absolute atomic E-state index is 7.33. The molecule has 0 radical (unpaired) electrons. The fourth-order valence-corrected chi connectivity index (χ4v) is 17.5. The summed E-state index contributed by atoms with van der Waals surface area (Å²) in [7, 11) is 0. The van der Waals surface area contributed by atoms with E-state index in [9.17, 15) is 0 Å². The van der Waals surface area contributed by atoms with Gasteiger partial charge in [0.25, 0.3) is 0 Å². The van der Waals surface area contributed by atoms with E-state index in [1.54, 1.807) is 0 Å². The van der Waals surface area contributed by atoms with E-state index < -0.39 is 23.2 Å². The van der Waals surface area contributed by atoms with E-state index >= 15 is 0 Å². The van der Waals surface area contributed by atoms with Gasteiger partial charge in [0.15, 0.2) is 0 Å². The first-order chi connectivity index (χ1) is 18.0. The van der Waals surface area contributed by atoms with Gasteiger partial charge in [-0.2, -0.15) is 0 Å². The van der Waals surface area contributed by atoms with Crippen LogP contribution in [-0.4, -0.2) is 6.19 Å². The van der Waals surface area contributed by atoms with Crippen molar-refractivity contribution < 1.29 is 45.1 Å². The van der Waals surface area contributed by atoms with Crippen LogP contribution in [0.2, 0.25) is 12.1 Å². The fraction of sp³-hybridized carbons (Fsp3) is 0.371. The van der Waals surface area contributed by atoms with Crippen LogP contribution >= 0.6 is 0 Å². The molecule has 1 aliphatic carbocycles. The summed E-state index contributed by atoms with van der Waals surface area (Å²) >= 11 is -2.11. The fourth-order valence-electron chi connectivity index (χ4n) is 5.77. The third-order valence-electron chi connectivity index (χ3n) is 8.16. The van der Waals surface area contributed by atoms with Gasteiger partial charge in [-0.05, 0) is 0 Å². The molecule has 0 saturated heterocycles. The minimum Gasteiger partial charge on any atom is -1.00 e. The van der Waals surface area contributed by atoms with Gasteiger partial charge in [0.05, 0.1) is 0 Å². The Morgan fingerprint density at radius 3 is 1.62 bits per heavy atom. The minimum absolute atomic E-state index is 0. The first-order valence-corrected chi connectivity index (χ1v) is 20.0. The third-order valence-corrected chi connectivity index (χ3v) is 21.3. The van der Waals surface area contributed by atoms with Crippen molar-refractivity contribution in [3.63, 3.8) is 0 Å². The van der Waals surface area contributed by atoms with Gasteiger partial charge in [-0.15, -0.1) is 0 Å². The Balaban J connectivity index is 0.00000220. The molecule has 0 amide bonds.